The molecule has 3 heteroatoms. The van der Waals surface area contributed by atoms with Gasteiger partial charge in [-0.1, -0.05) is 19.3 Å². The zero-order chi connectivity index (χ0) is 11.3. The smallest absolute Gasteiger partial charge is 0.338 e. The van der Waals surface area contributed by atoms with Crippen LogP contribution in [0, 0.1) is 0 Å². The van der Waals surface area contributed by atoms with Gasteiger partial charge in [-0.25, -0.2) is 0 Å². The molecule has 0 radical (unpaired) electrons. The molecule has 0 aromatic carbocycles. The van der Waals surface area contributed by atoms with E-state index in [1.54, 1.807) is 0 Å². The van der Waals surface area contributed by atoms with E-state index >= 15 is 0 Å². The van der Waals surface area contributed by atoms with Crippen LogP contribution in [0.5, 0.6) is 0 Å². The van der Waals surface area contributed by atoms with E-state index in [4.69, 9.17) is 8.85 Å². The van der Waals surface area contributed by atoms with Crippen LogP contribution in [0.25, 0.3) is 0 Å². The third-order valence-electron chi connectivity index (χ3n) is 3.25. The van der Waals surface area contributed by atoms with Crippen LogP contribution in [-0.4, -0.2) is 21.3 Å². The fourth-order valence-corrected chi connectivity index (χ4v) is 6.09. The second-order valence-corrected chi connectivity index (χ2v) is 8.32. The molecule has 0 saturated heterocycles. The zero-order valence-electron chi connectivity index (χ0n) is 10.7. The van der Waals surface area contributed by atoms with Crippen LogP contribution in [0.15, 0.2) is 0 Å². The van der Waals surface area contributed by atoms with Gasteiger partial charge in [0.25, 0.3) is 0 Å². The van der Waals surface area contributed by atoms with Crippen LogP contribution in [0.1, 0.15) is 52.9 Å². The minimum atomic E-state index is -1.91. The second kappa shape index (κ2) is 6.02. The highest BCUT2D eigenvalue weighted by Crippen LogP contribution is 2.38. The lowest BCUT2D eigenvalue weighted by Crippen LogP contribution is -2.46. The van der Waals surface area contributed by atoms with Gasteiger partial charge in [-0.3, -0.25) is 0 Å². The highest BCUT2D eigenvalue weighted by atomic mass is 28.4. The topological polar surface area (TPSA) is 18.5 Å². The maximum absolute atomic E-state index is 6.13. The summed E-state index contributed by atoms with van der Waals surface area (Å²) in [5.41, 5.74) is 0.716. The Bertz CT molecular complexity index is 178. The predicted octanol–water partition coefficient (Wildman–Crippen LogP) is 3.85. The Hall–Kier alpha value is 0.137. The lowest BCUT2D eigenvalue weighted by molar-refractivity contribution is 0.127. The molecule has 0 N–H and O–H groups in total. The minimum absolute atomic E-state index is 0.301. The molecule has 2 nitrogen and oxygen atoms in total. The summed E-state index contributed by atoms with van der Waals surface area (Å²) in [6.45, 7) is 9.37. The van der Waals surface area contributed by atoms with Gasteiger partial charge < -0.3 is 8.85 Å². The number of hydrogen-bond acceptors (Lipinski definition) is 2. The van der Waals surface area contributed by atoms with Crippen molar-refractivity contribution in [2.24, 2.45) is 0 Å². The molecule has 0 heterocycles. The van der Waals surface area contributed by atoms with E-state index < -0.39 is 8.56 Å². The van der Waals surface area contributed by atoms with Gasteiger partial charge >= 0.3 is 8.56 Å². The van der Waals surface area contributed by atoms with Gasteiger partial charge in [0.2, 0.25) is 0 Å². The van der Waals surface area contributed by atoms with E-state index in [1.807, 2.05) is 0 Å². The Morgan fingerprint density at radius 1 is 1.20 bits per heavy atom. The van der Waals surface area contributed by atoms with Crippen LogP contribution < -0.4 is 0 Å². The van der Waals surface area contributed by atoms with Crippen molar-refractivity contribution < 1.29 is 8.85 Å². The third kappa shape index (κ3) is 3.89. The van der Waals surface area contributed by atoms with Gasteiger partial charge in [0, 0.05) is 18.3 Å². The molecule has 1 rings (SSSR count). The Labute approximate surface area is 95.6 Å². The van der Waals surface area contributed by atoms with Gasteiger partial charge in [0.1, 0.15) is 0 Å². The molecule has 1 aliphatic carbocycles. The van der Waals surface area contributed by atoms with Gasteiger partial charge in [-0.15, -0.1) is 0 Å². The quantitative estimate of drug-likeness (QED) is 0.668. The molecule has 15 heavy (non-hydrogen) atoms. The highest BCUT2D eigenvalue weighted by molar-refractivity contribution is 6.67. The van der Waals surface area contributed by atoms with E-state index in [-0.39, 0.29) is 0 Å². The standard InChI is InChI=1S/C12H26O2Si/c1-5-13-15(4,14-11(2)3)12-9-7-6-8-10-12/h11-12H,5-10H2,1-4H3. The van der Waals surface area contributed by atoms with E-state index in [2.05, 4.69) is 27.3 Å². The van der Waals surface area contributed by atoms with Crippen molar-refractivity contribution in [1.82, 2.24) is 0 Å². The lowest BCUT2D eigenvalue weighted by Gasteiger charge is -2.37. The lowest BCUT2D eigenvalue weighted by atomic mass is 10.0. The van der Waals surface area contributed by atoms with Crippen molar-refractivity contribution in [3.63, 3.8) is 0 Å². The minimum Gasteiger partial charge on any atom is -0.394 e. The summed E-state index contributed by atoms with van der Waals surface area (Å²) in [5, 5.41) is 0. The first-order valence-electron chi connectivity index (χ1n) is 6.40. The number of hydrogen-bond donors (Lipinski definition) is 0. The summed E-state index contributed by atoms with van der Waals surface area (Å²) in [6.07, 6.45) is 7.05. The van der Waals surface area contributed by atoms with Gasteiger partial charge in [0.15, 0.2) is 0 Å². The Morgan fingerprint density at radius 2 is 1.80 bits per heavy atom. The summed E-state index contributed by atoms with van der Waals surface area (Å²) in [4.78, 5) is 0. The van der Waals surface area contributed by atoms with Crippen LogP contribution in [0.3, 0.4) is 0 Å². The molecule has 0 aromatic rings. The Balaban J connectivity index is 2.60. The van der Waals surface area contributed by atoms with Gasteiger partial charge in [0.05, 0.1) is 0 Å². The van der Waals surface area contributed by atoms with E-state index in [0.717, 1.165) is 6.61 Å². The summed E-state index contributed by atoms with van der Waals surface area (Å²) in [7, 11) is -1.91. The molecular weight excluding hydrogens is 204 g/mol. The summed E-state index contributed by atoms with van der Waals surface area (Å²) >= 11 is 0. The Kier molecular flexibility index (Phi) is 5.30. The first-order valence-corrected chi connectivity index (χ1v) is 8.79. The Morgan fingerprint density at radius 3 is 2.27 bits per heavy atom. The fourth-order valence-electron chi connectivity index (χ4n) is 2.63. The molecule has 1 unspecified atom stereocenters. The maximum Gasteiger partial charge on any atom is 0.338 e. The first-order chi connectivity index (χ1) is 7.08. The molecule has 0 aromatic heterocycles. The SMILES string of the molecule is CCO[Si](C)(OC(C)C)C1CCCCC1. The third-order valence-corrected chi connectivity index (χ3v) is 7.11. The molecule has 1 saturated carbocycles. The van der Waals surface area contributed by atoms with Crippen LogP contribution in [-0.2, 0) is 8.85 Å². The number of rotatable bonds is 5. The second-order valence-electron chi connectivity index (χ2n) is 4.95. The molecule has 0 aliphatic heterocycles. The van der Waals surface area contributed by atoms with E-state index in [1.165, 1.54) is 32.1 Å². The molecule has 1 fully saturated rings. The van der Waals surface area contributed by atoms with Crippen LogP contribution in [0.2, 0.25) is 12.1 Å². The average Bonchev–Trinajstić information content (AvgIpc) is 2.18. The maximum atomic E-state index is 6.13. The molecule has 0 bridgehead atoms. The van der Waals surface area contributed by atoms with Crippen molar-refractivity contribution in [1.29, 1.82) is 0 Å². The molecule has 0 amide bonds. The van der Waals surface area contributed by atoms with Crippen molar-refractivity contribution in [3.8, 4) is 0 Å². The largest absolute Gasteiger partial charge is 0.394 e. The fraction of sp³-hybridized carbons (Fsp3) is 1.00. The first kappa shape index (κ1) is 13.2. The monoisotopic (exact) mass is 230 g/mol. The zero-order valence-corrected chi connectivity index (χ0v) is 11.7. The van der Waals surface area contributed by atoms with Crippen molar-refractivity contribution in [2.45, 2.75) is 71.1 Å². The van der Waals surface area contributed by atoms with E-state index in [9.17, 15) is 0 Å². The average molecular weight is 230 g/mol. The van der Waals surface area contributed by atoms with Crippen molar-refractivity contribution in [2.75, 3.05) is 6.61 Å². The summed E-state index contributed by atoms with van der Waals surface area (Å²) < 4.78 is 12.1. The molecular formula is C12H26O2Si. The van der Waals surface area contributed by atoms with E-state index in [0.29, 0.717) is 11.6 Å². The highest BCUT2D eigenvalue weighted by Gasteiger charge is 2.41. The molecule has 1 atom stereocenters. The normalized spacial score (nSPS) is 23.0. The summed E-state index contributed by atoms with van der Waals surface area (Å²) in [6, 6.07) is 0. The predicted molar refractivity (Wildman–Crippen MR) is 66.3 cm³/mol. The molecule has 0 spiro atoms. The van der Waals surface area contributed by atoms with Crippen LogP contribution >= 0.6 is 0 Å². The molecule has 1 aliphatic rings. The van der Waals surface area contributed by atoms with Gasteiger partial charge in [-0.2, -0.15) is 0 Å². The molecule has 90 valence electrons. The van der Waals surface area contributed by atoms with Crippen molar-refractivity contribution >= 4 is 8.56 Å². The van der Waals surface area contributed by atoms with Crippen LogP contribution in [0.4, 0.5) is 0 Å². The van der Waals surface area contributed by atoms with Gasteiger partial charge in [-0.05, 0) is 40.2 Å². The summed E-state index contributed by atoms with van der Waals surface area (Å²) in [5.74, 6) is 0. The van der Waals surface area contributed by atoms with Crippen molar-refractivity contribution in [3.05, 3.63) is 0 Å².